The Balaban J connectivity index is 2.08. The van der Waals surface area contributed by atoms with E-state index in [-0.39, 0.29) is 0 Å². The van der Waals surface area contributed by atoms with E-state index in [1.807, 2.05) is 0 Å². The molecule has 2 aromatic carbocycles. The van der Waals surface area contributed by atoms with Crippen molar-refractivity contribution in [2.75, 3.05) is 6.66 Å². The van der Waals surface area contributed by atoms with Crippen LogP contribution in [0.5, 0.6) is 11.5 Å². The quantitative estimate of drug-likeness (QED) is 0.720. The van der Waals surface area contributed by atoms with Crippen LogP contribution in [0.15, 0.2) is 48.5 Å². The van der Waals surface area contributed by atoms with Gasteiger partial charge in [0, 0.05) is 10.0 Å². The number of halogens is 2. The highest BCUT2D eigenvalue weighted by molar-refractivity contribution is 7.53. The summed E-state index contributed by atoms with van der Waals surface area (Å²) in [7, 11) is -3.25. The molecule has 0 heterocycles. The molecular weight excluding hydrogens is 306 g/mol. The highest BCUT2D eigenvalue weighted by Gasteiger charge is 2.20. The van der Waals surface area contributed by atoms with Crippen LogP contribution in [0.1, 0.15) is 0 Å². The number of benzene rings is 2. The van der Waals surface area contributed by atoms with Crippen molar-refractivity contribution in [3.05, 3.63) is 58.6 Å². The normalized spacial score (nSPS) is 11.1. The molecule has 0 aliphatic rings. The molecule has 0 aliphatic carbocycles. The van der Waals surface area contributed by atoms with E-state index in [0.29, 0.717) is 21.5 Å². The molecule has 0 fully saturated rings. The van der Waals surface area contributed by atoms with Gasteiger partial charge in [-0.25, -0.2) is 4.57 Å². The zero-order chi connectivity index (χ0) is 13.9. The van der Waals surface area contributed by atoms with Crippen LogP contribution < -0.4 is 9.05 Å². The van der Waals surface area contributed by atoms with Crippen molar-refractivity contribution in [3.8, 4) is 11.5 Å². The molecule has 19 heavy (non-hydrogen) atoms. The van der Waals surface area contributed by atoms with Crippen molar-refractivity contribution in [1.82, 2.24) is 0 Å². The summed E-state index contributed by atoms with van der Waals surface area (Å²) in [5.74, 6) is 0.869. The predicted octanol–water partition coefficient (Wildman–Crippen LogP) is 5.27. The first kappa shape index (κ1) is 14.3. The molecule has 0 bridgehead atoms. The molecule has 0 aliphatic heterocycles. The molecule has 0 N–H and O–H groups in total. The number of hydrogen-bond donors (Lipinski definition) is 0. The minimum absolute atomic E-state index is 0.434. The fourth-order valence-electron chi connectivity index (χ4n) is 1.39. The van der Waals surface area contributed by atoms with Crippen LogP contribution in [0.2, 0.25) is 10.0 Å². The molecule has 0 saturated carbocycles. The van der Waals surface area contributed by atoms with E-state index >= 15 is 0 Å². The van der Waals surface area contributed by atoms with Crippen molar-refractivity contribution >= 4 is 30.8 Å². The van der Waals surface area contributed by atoms with Gasteiger partial charge in [0.1, 0.15) is 11.5 Å². The van der Waals surface area contributed by atoms with Gasteiger partial charge < -0.3 is 9.05 Å². The Morgan fingerprint density at radius 2 is 1.11 bits per heavy atom. The maximum absolute atomic E-state index is 12.2. The lowest BCUT2D eigenvalue weighted by Crippen LogP contribution is -1.98. The standard InChI is InChI=1S/C13H11Cl2O3P/c1-19(16,17-12-6-2-10(14)3-7-12)18-13-8-4-11(15)5-9-13/h2-9H,1H3. The van der Waals surface area contributed by atoms with E-state index in [2.05, 4.69) is 0 Å². The Morgan fingerprint density at radius 3 is 1.42 bits per heavy atom. The second kappa shape index (κ2) is 5.87. The highest BCUT2D eigenvalue weighted by atomic mass is 35.5. The summed E-state index contributed by atoms with van der Waals surface area (Å²) in [6.45, 7) is 1.40. The third kappa shape index (κ3) is 4.46. The van der Waals surface area contributed by atoms with Crippen molar-refractivity contribution in [3.63, 3.8) is 0 Å². The second-order valence-corrected chi connectivity index (χ2v) is 6.64. The van der Waals surface area contributed by atoms with Gasteiger partial charge in [0.25, 0.3) is 0 Å². The molecule has 3 nitrogen and oxygen atoms in total. The molecule has 100 valence electrons. The summed E-state index contributed by atoms with van der Waals surface area (Å²) in [5, 5.41) is 1.16. The summed E-state index contributed by atoms with van der Waals surface area (Å²) < 4.78 is 22.9. The van der Waals surface area contributed by atoms with E-state index in [1.54, 1.807) is 48.5 Å². The van der Waals surface area contributed by atoms with Crippen molar-refractivity contribution in [2.45, 2.75) is 0 Å². The van der Waals surface area contributed by atoms with Crippen LogP contribution >= 0.6 is 30.8 Å². The summed E-state index contributed by atoms with van der Waals surface area (Å²) in [5.41, 5.74) is 0. The summed E-state index contributed by atoms with van der Waals surface area (Å²) in [6.07, 6.45) is 0. The van der Waals surface area contributed by atoms with Gasteiger partial charge in [0.2, 0.25) is 0 Å². The van der Waals surface area contributed by atoms with Gasteiger partial charge in [-0.15, -0.1) is 0 Å². The molecule has 2 rings (SSSR count). The minimum Gasteiger partial charge on any atom is -0.416 e. The van der Waals surface area contributed by atoms with Gasteiger partial charge in [0.15, 0.2) is 0 Å². The van der Waals surface area contributed by atoms with Crippen molar-refractivity contribution in [2.24, 2.45) is 0 Å². The first-order valence-electron chi connectivity index (χ1n) is 5.42. The summed E-state index contributed by atoms with van der Waals surface area (Å²) in [4.78, 5) is 0. The average Bonchev–Trinajstić information content (AvgIpc) is 2.34. The van der Waals surface area contributed by atoms with Crippen molar-refractivity contribution < 1.29 is 13.6 Å². The van der Waals surface area contributed by atoms with Gasteiger partial charge in [0.05, 0.1) is 6.66 Å². The van der Waals surface area contributed by atoms with Crippen LogP contribution in [0.3, 0.4) is 0 Å². The smallest absolute Gasteiger partial charge is 0.416 e. The van der Waals surface area contributed by atoms with E-state index in [4.69, 9.17) is 32.2 Å². The third-order valence-corrected chi connectivity index (χ3v) is 3.76. The topological polar surface area (TPSA) is 35.5 Å². The molecule has 0 atom stereocenters. The van der Waals surface area contributed by atoms with Gasteiger partial charge in [-0.1, -0.05) is 23.2 Å². The van der Waals surface area contributed by atoms with Crippen LogP contribution in [0.25, 0.3) is 0 Å². The lowest BCUT2D eigenvalue weighted by molar-refractivity contribution is 0.393. The Labute approximate surface area is 121 Å². The lowest BCUT2D eigenvalue weighted by Gasteiger charge is -2.16. The van der Waals surface area contributed by atoms with Crippen LogP contribution in [-0.2, 0) is 4.57 Å². The van der Waals surface area contributed by atoms with Crippen LogP contribution in [-0.4, -0.2) is 6.66 Å². The first-order chi connectivity index (χ1) is 8.94. The van der Waals surface area contributed by atoms with Crippen LogP contribution in [0.4, 0.5) is 0 Å². The Bertz CT molecular complexity index is 545. The van der Waals surface area contributed by atoms with E-state index < -0.39 is 7.60 Å². The van der Waals surface area contributed by atoms with E-state index in [9.17, 15) is 4.57 Å². The van der Waals surface area contributed by atoms with Gasteiger partial charge in [-0.2, -0.15) is 0 Å². The predicted molar refractivity (Wildman–Crippen MR) is 77.7 cm³/mol. The largest absolute Gasteiger partial charge is 0.427 e. The van der Waals surface area contributed by atoms with E-state index in [0.717, 1.165) is 0 Å². The molecule has 0 amide bonds. The molecular formula is C13H11Cl2O3P. The fourth-order valence-corrected chi connectivity index (χ4v) is 2.69. The van der Waals surface area contributed by atoms with Crippen LogP contribution in [0, 0.1) is 0 Å². The monoisotopic (exact) mass is 316 g/mol. The lowest BCUT2D eigenvalue weighted by atomic mass is 10.3. The Morgan fingerprint density at radius 1 is 0.789 bits per heavy atom. The summed E-state index contributed by atoms with van der Waals surface area (Å²) in [6, 6.07) is 13.1. The number of rotatable bonds is 4. The van der Waals surface area contributed by atoms with Gasteiger partial charge >= 0.3 is 7.60 Å². The fraction of sp³-hybridized carbons (Fsp3) is 0.0769. The van der Waals surface area contributed by atoms with E-state index in [1.165, 1.54) is 6.66 Å². The SMILES string of the molecule is CP(=O)(Oc1ccc(Cl)cc1)Oc1ccc(Cl)cc1. The second-order valence-electron chi connectivity index (χ2n) is 3.86. The third-order valence-electron chi connectivity index (χ3n) is 2.17. The van der Waals surface area contributed by atoms with Gasteiger partial charge in [-0.05, 0) is 48.5 Å². The van der Waals surface area contributed by atoms with Gasteiger partial charge in [-0.3, -0.25) is 0 Å². The maximum atomic E-state index is 12.2. The molecule has 6 heteroatoms. The Kier molecular flexibility index (Phi) is 4.41. The molecule has 0 saturated heterocycles. The highest BCUT2D eigenvalue weighted by Crippen LogP contribution is 2.45. The summed E-state index contributed by atoms with van der Waals surface area (Å²) >= 11 is 11.5. The maximum Gasteiger partial charge on any atom is 0.427 e. The minimum atomic E-state index is -3.25. The average molecular weight is 317 g/mol. The zero-order valence-electron chi connectivity index (χ0n) is 10.0. The zero-order valence-corrected chi connectivity index (χ0v) is 12.5. The van der Waals surface area contributed by atoms with Crippen molar-refractivity contribution in [1.29, 1.82) is 0 Å². The molecule has 0 unspecified atom stereocenters. The first-order valence-corrected chi connectivity index (χ1v) is 8.17. The number of hydrogen-bond acceptors (Lipinski definition) is 3. The molecule has 0 spiro atoms. The molecule has 0 radical (unpaired) electrons. The molecule has 2 aromatic rings. The molecule has 0 aromatic heterocycles. The Hall–Kier alpha value is -1.15.